The van der Waals surface area contributed by atoms with Crippen molar-refractivity contribution in [2.45, 2.75) is 117 Å². The number of rotatable bonds is 19. The molecule has 11 aromatic heterocycles. The highest BCUT2D eigenvalue weighted by atomic mass is 19.1. The van der Waals surface area contributed by atoms with E-state index in [1.165, 1.54) is 61.8 Å². The number of anilines is 4. The second-order valence-electron chi connectivity index (χ2n) is 34.6. The summed E-state index contributed by atoms with van der Waals surface area (Å²) >= 11 is 0. The summed E-state index contributed by atoms with van der Waals surface area (Å²) in [5.41, 5.74) is 45.7. The molecule has 1 fully saturated rings. The van der Waals surface area contributed by atoms with Crippen molar-refractivity contribution in [2.24, 2.45) is 24.3 Å². The highest BCUT2D eigenvalue weighted by molar-refractivity contribution is 5.92. The Morgan fingerprint density at radius 2 is 0.929 bits per heavy atom. The number of methoxy groups -OCH3 is 1. The van der Waals surface area contributed by atoms with Crippen molar-refractivity contribution in [3.8, 4) is 50.3 Å². The minimum absolute atomic E-state index is 0.0395. The van der Waals surface area contributed by atoms with Gasteiger partial charge in [-0.05, 0) is 164 Å². The first-order chi connectivity index (χ1) is 60.8. The van der Waals surface area contributed by atoms with Gasteiger partial charge in [-0.3, -0.25) is 14.8 Å². The van der Waals surface area contributed by atoms with Gasteiger partial charge in [0, 0.05) is 171 Å². The van der Waals surface area contributed by atoms with Crippen LogP contribution in [0.25, 0.3) is 88.1 Å². The Bertz CT molecular complexity index is 6860. The lowest BCUT2D eigenvalue weighted by atomic mass is 9.60. The summed E-state index contributed by atoms with van der Waals surface area (Å²) in [6.45, 7) is 21.8. The van der Waals surface area contributed by atoms with Gasteiger partial charge < -0.3 is 51.3 Å². The van der Waals surface area contributed by atoms with Gasteiger partial charge in [0.1, 0.15) is 17.1 Å². The summed E-state index contributed by atoms with van der Waals surface area (Å²) in [5, 5.41) is 4.52. The number of nitrogen functional groups attached to an aromatic ring is 4. The molecule has 10 N–H and O–H groups in total. The average Bonchev–Trinajstić information content (AvgIpc) is 1.54. The summed E-state index contributed by atoms with van der Waals surface area (Å²) in [5.74, 6) is 2.64. The zero-order chi connectivity index (χ0) is 88.2. The van der Waals surface area contributed by atoms with Crippen LogP contribution in [0.4, 0.5) is 28.2 Å². The lowest BCUT2D eigenvalue weighted by Gasteiger charge is -2.42. The van der Waals surface area contributed by atoms with Crippen molar-refractivity contribution in [1.82, 2.24) is 73.5 Å². The number of hydrogen-bond acceptors (Lipinski definition) is 16. The van der Waals surface area contributed by atoms with E-state index in [1.54, 1.807) is 81.2 Å². The first-order valence-electron chi connectivity index (χ1n) is 42.5. The first kappa shape index (κ1) is 84.8. The van der Waals surface area contributed by atoms with Gasteiger partial charge in [0.15, 0.2) is 0 Å². The Balaban J connectivity index is 0.000000125. The summed E-state index contributed by atoms with van der Waals surface area (Å²) in [4.78, 5) is 59.9. The third-order valence-corrected chi connectivity index (χ3v) is 25.6. The third kappa shape index (κ3) is 17.0. The van der Waals surface area contributed by atoms with E-state index in [9.17, 15) is 9.18 Å². The largest absolute Gasteiger partial charge is 0.496 e. The molecule has 1 aliphatic carbocycles. The molecule has 0 bridgehead atoms. The van der Waals surface area contributed by atoms with Gasteiger partial charge >= 0.3 is 0 Å². The van der Waals surface area contributed by atoms with Crippen LogP contribution in [-0.4, -0.2) is 80.6 Å². The number of aromatic nitrogens is 15. The fraction of sp³-hybridized carbons (Fsp3) is 0.221. The molecule has 1 aliphatic rings. The van der Waals surface area contributed by atoms with Crippen molar-refractivity contribution in [3.05, 3.63) is 365 Å². The van der Waals surface area contributed by atoms with E-state index in [0.717, 1.165) is 102 Å². The molecule has 126 heavy (non-hydrogen) atoms. The minimum atomic E-state index is -0.304. The number of para-hydroxylation sites is 1. The number of aryl methyl sites for hydroxylation is 1. The highest BCUT2D eigenvalue weighted by Crippen LogP contribution is 2.52. The number of nitrogens with zero attached hydrogens (tertiary/aromatic N) is 13. The Hall–Kier alpha value is -14.8. The number of aromatic amines is 2. The Morgan fingerprint density at radius 3 is 1.40 bits per heavy atom. The maximum absolute atomic E-state index is 14.3. The molecule has 634 valence electrons. The number of halogens is 1. The number of pyridine rings is 3. The molecule has 0 saturated heterocycles. The molecule has 7 aromatic carbocycles. The van der Waals surface area contributed by atoms with Crippen LogP contribution in [0.2, 0.25) is 0 Å². The highest BCUT2D eigenvalue weighted by Gasteiger charge is 2.43. The van der Waals surface area contributed by atoms with E-state index in [-0.39, 0.29) is 62.7 Å². The van der Waals surface area contributed by atoms with E-state index in [2.05, 4.69) is 301 Å². The van der Waals surface area contributed by atoms with E-state index < -0.39 is 0 Å². The van der Waals surface area contributed by atoms with Crippen LogP contribution in [0.1, 0.15) is 143 Å². The standard InChI is InChI=1S/C30H31N5O.C29H28FN5.C24H26N4.C21H19N5O/c1-20(2)30(3,23-13-11-21(12-14-23)22-16-33-29(31)34-17-22)25-19-35(18-24-8-5-6-15-32-24)26-9-7-10-27(36-4)28(25)26;1-19(2)29(3,22-9-7-20(8-10-22)21-15-33-28(31)34-16-21)26-18-35(17-24-6-4-5-13-32-24)27-14-23(30)11-12-25(26)27;1-24(2,3)22(20-15-28(4)21-8-6-5-7-19(20)21)17-11-9-16(10-12-17)18-13-26-23(25)27-14-18;22-20-25-10-14(11-26-20)13-2-4-15(5-3-13)21(7-1-8-21)17-12-24-18-16(17)6-9-23-19(18)27/h5-17,19-20H,18H2,1-4H3,(H2,31,33,34);4-16,18-19H,17H2,1-3H3,(H2,31,33,34);5-15,22H,1-4H3,(H2,25,26,27);2-6,9-12,24H,1,7-8H2,(H,23,27)(H2,22,25,26). The van der Waals surface area contributed by atoms with Crippen LogP contribution in [0, 0.1) is 23.1 Å². The molecule has 19 rings (SSSR count). The number of benzene rings is 7. The molecule has 11 heterocycles. The molecule has 3 atom stereocenters. The molecule has 22 heteroatoms. The van der Waals surface area contributed by atoms with Gasteiger partial charge in [-0.2, -0.15) is 0 Å². The van der Waals surface area contributed by atoms with Crippen molar-refractivity contribution in [2.75, 3.05) is 30.0 Å². The van der Waals surface area contributed by atoms with Gasteiger partial charge in [0.05, 0.1) is 42.6 Å². The Morgan fingerprint density at radius 1 is 0.468 bits per heavy atom. The molecule has 0 radical (unpaired) electrons. The summed E-state index contributed by atoms with van der Waals surface area (Å²) in [7, 11) is 3.86. The average molecular weight is 1670 g/mol. The fourth-order valence-electron chi connectivity index (χ4n) is 18.0. The fourth-order valence-corrected chi connectivity index (χ4v) is 18.0. The van der Waals surface area contributed by atoms with Gasteiger partial charge in [-0.25, -0.2) is 44.3 Å². The molecule has 3 unspecified atom stereocenters. The number of H-pyrrole nitrogens is 2. The normalized spacial score (nSPS) is 13.7. The van der Waals surface area contributed by atoms with E-state index in [1.807, 2.05) is 60.9 Å². The summed E-state index contributed by atoms with van der Waals surface area (Å²) in [6.07, 6.45) is 31.4. The first-order valence-corrected chi connectivity index (χ1v) is 42.5. The monoisotopic (exact) mass is 1670 g/mol. The number of hydrogen-bond donors (Lipinski definition) is 6. The van der Waals surface area contributed by atoms with Crippen molar-refractivity contribution >= 4 is 67.4 Å². The van der Waals surface area contributed by atoms with Gasteiger partial charge in [-0.1, -0.05) is 202 Å². The zero-order valence-electron chi connectivity index (χ0n) is 72.8. The van der Waals surface area contributed by atoms with Crippen LogP contribution in [0.5, 0.6) is 5.75 Å². The lowest BCUT2D eigenvalue weighted by Crippen LogP contribution is -2.35. The number of nitrogens with two attached hydrogens (primary N) is 4. The third-order valence-electron chi connectivity index (χ3n) is 25.6. The van der Waals surface area contributed by atoms with E-state index >= 15 is 0 Å². The molecule has 0 spiro atoms. The number of ether oxygens (including phenoxy) is 1. The molecule has 1 saturated carbocycles. The molecule has 21 nitrogen and oxygen atoms in total. The quantitative estimate of drug-likeness (QED) is 0.0438. The van der Waals surface area contributed by atoms with E-state index in [0.29, 0.717) is 30.5 Å². The Labute approximate surface area is 732 Å². The number of fused-ring (bicyclic) bond motifs is 4. The number of nitrogens with one attached hydrogen (secondary N) is 2. The van der Waals surface area contributed by atoms with E-state index in [4.69, 9.17) is 27.7 Å². The van der Waals surface area contributed by atoms with Crippen molar-refractivity contribution in [1.29, 1.82) is 0 Å². The minimum Gasteiger partial charge on any atom is -0.496 e. The summed E-state index contributed by atoms with van der Waals surface area (Å²) in [6, 6.07) is 68.4. The van der Waals surface area contributed by atoms with Crippen LogP contribution < -0.4 is 33.2 Å². The molecule has 18 aromatic rings. The van der Waals surface area contributed by atoms with Crippen LogP contribution in [0.15, 0.2) is 298 Å². The van der Waals surface area contributed by atoms with Gasteiger partial charge in [0.2, 0.25) is 23.8 Å². The molecule has 0 amide bonds. The molecular formula is C104H104FN19O2. The topological polar surface area (TPSA) is 306 Å². The smallest absolute Gasteiger partial charge is 0.272 e. The summed E-state index contributed by atoms with van der Waals surface area (Å²) < 4.78 is 26.8. The second kappa shape index (κ2) is 35.6. The predicted molar refractivity (Wildman–Crippen MR) is 505 cm³/mol. The van der Waals surface area contributed by atoms with Gasteiger partial charge in [0.25, 0.3) is 5.56 Å². The van der Waals surface area contributed by atoms with Crippen molar-refractivity contribution in [3.63, 3.8) is 0 Å². The van der Waals surface area contributed by atoms with Crippen molar-refractivity contribution < 1.29 is 9.13 Å². The predicted octanol–water partition coefficient (Wildman–Crippen LogP) is 21.1. The molecule has 0 aliphatic heterocycles. The maximum atomic E-state index is 14.3. The van der Waals surface area contributed by atoms with Gasteiger partial charge in [-0.15, -0.1) is 0 Å². The second-order valence-corrected chi connectivity index (χ2v) is 34.6. The zero-order valence-corrected chi connectivity index (χ0v) is 72.8. The maximum Gasteiger partial charge on any atom is 0.272 e. The van der Waals surface area contributed by atoms with Crippen LogP contribution >= 0.6 is 0 Å². The van der Waals surface area contributed by atoms with Crippen LogP contribution in [0.3, 0.4) is 0 Å². The SMILES string of the molecule is CC(C)C(C)(c1ccc(-c2cnc(N)nc2)cc1)c1cn(Cc2ccccn2)c2cc(F)ccc12.COc1cccc2c1c(C(C)(c1ccc(-c3cnc(N)nc3)cc1)C(C)C)cn2Cc1ccccn1.Cn1cc(C(c2ccc(-c3cnc(N)nc3)cc2)C(C)(C)C)c2ccccc21.Nc1ncc(-c2ccc(C3(c4c[nH]c5c(=O)[nH]ccc45)CCC3)cc2)cn1. The Kier molecular flexibility index (Phi) is 23.9. The molecular weight excluding hydrogens is 1570 g/mol. The van der Waals surface area contributed by atoms with Crippen LogP contribution in [-0.2, 0) is 36.4 Å². The lowest BCUT2D eigenvalue weighted by molar-refractivity contribution is 0.304.